The molecule has 31 heavy (non-hydrogen) atoms. The van der Waals surface area contributed by atoms with Crippen molar-refractivity contribution in [3.05, 3.63) is 82.9 Å². The number of aromatic hydroxyl groups is 1. The summed E-state index contributed by atoms with van der Waals surface area (Å²) in [7, 11) is 0. The van der Waals surface area contributed by atoms with Crippen LogP contribution in [0.25, 0.3) is 0 Å². The van der Waals surface area contributed by atoms with Gasteiger partial charge < -0.3 is 24.2 Å². The van der Waals surface area contributed by atoms with Gasteiger partial charge in [-0.3, -0.25) is 4.79 Å². The predicted molar refractivity (Wildman–Crippen MR) is 116 cm³/mol. The number of phenolic OH excluding ortho intramolecular Hbond substituents is 1. The number of hydrogen-bond acceptors (Lipinski definition) is 6. The normalized spacial score (nSPS) is 19.7. The van der Waals surface area contributed by atoms with Crippen molar-refractivity contribution in [2.24, 2.45) is 0 Å². The number of hydrogen-bond donors (Lipinski definition) is 1. The van der Waals surface area contributed by atoms with Crippen LogP contribution in [0.2, 0.25) is 0 Å². The average molecular weight is 417 g/mol. The van der Waals surface area contributed by atoms with E-state index in [-0.39, 0.29) is 5.75 Å². The summed E-state index contributed by atoms with van der Waals surface area (Å²) in [5.74, 6) is 1.13. The summed E-state index contributed by atoms with van der Waals surface area (Å²) in [5.41, 5.74) is 3.05. The molecule has 0 saturated carbocycles. The highest BCUT2D eigenvalue weighted by atomic mass is 16.5. The largest absolute Gasteiger partial charge is 0.508 e. The molecule has 1 atom stereocenters. The van der Waals surface area contributed by atoms with Gasteiger partial charge in [0.15, 0.2) is 5.60 Å². The summed E-state index contributed by atoms with van der Waals surface area (Å²) >= 11 is 0. The Kier molecular flexibility index (Phi) is 4.79. The summed E-state index contributed by atoms with van der Waals surface area (Å²) in [6.07, 6.45) is 0. The molecule has 0 radical (unpaired) electrons. The van der Waals surface area contributed by atoms with Gasteiger partial charge in [0, 0.05) is 47.6 Å². The van der Waals surface area contributed by atoms with Crippen molar-refractivity contribution in [1.82, 2.24) is 0 Å². The Morgan fingerprint density at radius 1 is 0.968 bits per heavy atom. The highest BCUT2D eigenvalue weighted by Gasteiger charge is 2.47. The molecule has 0 amide bonds. The highest BCUT2D eigenvalue weighted by Crippen LogP contribution is 2.54. The van der Waals surface area contributed by atoms with Crippen LogP contribution in [0.5, 0.6) is 17.2 Å². The molecule has 6 nitrogen and oxygen atoms in total. The third kappa shape index (κ3) is 3.11. The van der Waals surface area contributed by atoms with Gasteiger partial charge in [-0.25, -0.2) is 0 Å². The van der Waals surface area contributed by atoms with E-state index in [4.69, 9.17) is 14.2 Å². The van der Waals surface area contributed by atoms with E-state index < -0.39 is 5.60 Å². The van der Waals surface area contributed by atoms with Gasteiger partial charge in [0.2, 0.25) is 0 Å². The lowest BCUT2D eigenvalue weighted by Gasteiger charge is -2.40. The molecule has 1 saturated heterocycles. The standard InChI is InChI=1S/C25H23NO5/c1-17-4-2-3-5-20(17)25(30-16-27)21-8-6-18(26-10-12-29-13-11-26)14-23(21)31-24-15-19(28)7-9-22(24)25/h2-9,14-16,28H,10-13H2,1H3. The molecule has 1 fully saturated rings. The molecule has 0 aliphatic carbocycles. The third-order valence-electron chi connectivity index (χ3n) is 6.03. The molecule has 1 unspecified atom stereocenters. The van der Waals surface area contributed by atoms with Crippen molar-refractivity contribution in [3.63, 3.8) is 0 Å². The number of carbonyl (C=O) groups excluding carboxylic acids is 1. The fourth-order valence-electron chi connectivity index (χ4n) is 4.58. The lowest BCUT2D eigenvalue weighted by atomic mass is 9.76. The minimum absolute atomic E-state index is 0.0799. The van der Waals surface area contributed by atoms with Crippen LogP contribution < -0.4 is 9.64 Å². The maximum atomic E-state index is 11.8. The Labute approximate surface area is 180 Å². The molecule has 3 aromatic rings. The molecule has 0 aromatic heterocycles. The van der Waals surface area contributed by atoms with Gasteiger partial charge in [-0.1, -0.05) is 24.3 Å². The first-order chi connectivity index (χ1) is 15.1. The second-order valence-corrected chi connectivity index (χ2v) is 7.77. The number of ether oxygens (including phenoxy) is 3. The summed E-state index contributed by atoms with van der Waals surface area (Å²) in [4.78, 5) is 14.1. The molecule has 2 aliphatic rings. The van der Waals surface area contributed by atoms with Gasteiger partial charge in [0.25, 0.3) is 6.47 Å². The Hall–Kier alpha value is -3.51. The van der Waals surface area contributed by atoms with Crippen molar-refractivity contribution < 1.29 is 24.1 Å². The van der Waals surface area contributed by atoms with E-state index in [0.29, 0.717) is 36.7 Å². The molecule has 3 aromatic carbocycles. The van der Waals surface area contributed by atoms with Crippen molar-refractivity contribution in [1.29, 1.82) is 0 Å². The summed E-state index contributed by atoms with van der Waals surface area (Å²) in [6.45, 7) is 5.41. The Balaban J connectivity index is 1.76. The lowest BCUT2D eigenvalue weighted by Crippen LogP contribution is -2.38. The monoisotopic (exact) mass is 417 g/mol. The zero-order valence-electron chi connectivity index (χ0n) is 17.2. The third-order valence-corrected chi connectivity index (χ3v) is 6.03. The zero-order valence-corrected chi connectivity index (χ0v) is 17.2. The second-order valence-electron chi connectivity index (χ2n) is 7.77. The summed E-state index contributed by atoms with van der Waals surface area (Å²) in [6, 6.07) is 18.7. The van der Waals surface area contributed by atoms with Crippen LogP contribution in [0.1, 0.15) is 22.3 Å². The van der Waals surface area contributed by atoms with E-state index in [9.17, 15) is 9.90 Å². The second kappa shape index (κ2) is 7.63. The van der Waals surface area contributed by atoms with Crippen LogP contribution >= 0.6 is 0 Å². The number of aryl methyl sites for hydroxylation is 1. The molecular weight excluding hydrogens is 394 g/mol. The number of anilines is 1. The SMILES string of the molecule is Cc1ccccc1C1(OC=O)c2ccc(O)cc2Oc2cc(N3CCOCC3)ccc21. The molecule has 2 aliphatic heterocycles. The molecule has 6 heteroatoms. The smallest absolute Gasteiger partial charge is 0.294 e. The van der Waals surface area contributed by atoms with E-state index in [1.165, 1.54) is 0 Å². The summed E-state index contributed by atoms with van der Waals surface area (Å²) < 4.78 is 17.6. The van der Waals surface area contributed by atoms with Gasteiger partial charge in [-0.2, -0.15) is 0 Å². The molecular formula is C25H23NO5. The Bertz CT molecular complexity index is 1140. The van der Waals surface area contributed by atoms with Gasteiger partial charge in [0.1, 0.15) is 17.2 Å². The van der Waals surface area contributed by atoms with Crippen LogP contribution in [0.4, 0.5) is 5.69 Å². The van der Waals surface area contributed by atoms with Crippen molar-refractivity contribution in [2.45, 2.75) is 12.5 Å². The van der Waals surface area contributed by atoms with E-state index in [0.717, 1.165) is 35.5 Å². The van der Waals surface area contributed by atoms with Crippen LogP contribution in [0, 0.1) is 6.92 Å². The first-order valence-electron chi connectivity index (χ1n) is 10.3. The highest BCUT2D eigenvalue weighted by molar-refractivity contribution is 5.68. The van der Waals surface area contributed by atoms with Gasteiger partial charge in [0.05, 0.1) is 13.2 Å². The van der Waals surface area contributed by atoms with Crippen LogP contribution in [-0.2, 0) is 19.9 Å². The number of benzene rings is 3. The number of rotatable bonds is 4. The minimum atomic E-state index is -1.19. The molecule has 2 heterocycles. The number of morpholine rings is 1. The van der Waals surface area contributed by atoms with E-state index in [2.05, 4.69) is 4.90 Å². The molecule has 5 rings (SSSR count). The lowest BCUT2D eigenvalue weighted by molar-refractivity contribution is -0.137. The molecule has 158 valence electrons. The van der Waals surface area contributed by atoms with Crippen LogP contribution in [-0.4, -0.2) is 37.9 Å². The van der Waals surface area contributed by atoms with Gasteiger partial charge in [-0.15, -0.1) is 0 Å². The molecule has 1 N–H and O–H groups in total. The number of carbonyl (C=O) groups is 1. The summed E-state index contributed by atoms with van der Waals surface area (Å²) in [5, 5.41) is 10.1. The fraction of sp³-hybridized carbons (Fsp3) is 0.240. The number of fused-ring (bicyclic) bond motifs is 2. The van der Waals surface area contributed by atoms with Gasteiger partial charge >= 0.3 is 0 Å². The maximum Gasteiger partial charge on any atom is 0.294 e. The van der Waals surface area contributed by atoms with Crippen LogP contribution in [0.15, 0.2) is 60.7 Å². The first-order valence-corrected chi connectivity index (χ1v) is 10.3. The quantitative estimate of drug-likeness (QED) is 0.645. The molecule has 0 bridgehead atoms. The first kappa shape index (κ1) is 19.5. The topological polar surface area (TPSA) is 68.2 Å². The molecule has 0 spiro atoms. The Morgan fingerprint density at radius 3 is 2.42 bits per heavy atom. The van der Waals surface area contributed by atoms with Crippen LogP contribution in [0.3, 0.4) is 0 Å². The number of phenols is 1. The van der Waals surface area contributed by atoms with E-state index in [1.807, 2.05) is 49.4 Å². The van der Waals surface area contributed by atoms with Crippen molar-refractivity contribution in [2.75, 3.05) is 31.2 Å². The van der Waals surface area contributed by atoms with E-state index in [1.54, 1.807) is 18.2 Å². The maximum absolute atomic E-state index is 11.8. The van der Waals surface area contributed by atoms with Gasteiger partial charge in [-0.05, 0) is 36.8 Å². The Morgan fingerprint density at radius 2 is 1.68 bits per heavy atom. The van der Waals surface area contributed by atoms with Crippen molar-refractivity contribution >= 4 is 12.2 Å². The average Bonchev–Trinajstić information content (AvgIpc) is 2.79. The van der Waals surface area contributed by atoms with Crippen molar-refractivity contribution in [3.8, 4) is 17.2 Å². The zero-order chi connectivity index (χ0) is 21.4. The number of nitrogens with zero attached hydrogens (tertiary/aromatic N) is 1. The van der Waals surface area contributed by atoms with E-state index >= 15 is 0 Å². The fourth-order valence-corrected chi connectivity index (χ4v) is 4.58. The minimum Gasteiger partial charge on any atom is -0.508 e. The predicted octanol–water partition coefficient (Wildman–Crippen LogP) is 4.11.